The zero-order valence-electron chi connectivity index (χ0n) is 12.4. The number of carbonyl (C=O) groups excluding carboxylic acids is 1. The average molecular weight is 294 g/mol. The maximum Gasteiger partial charge on any atom is 0.176 e. The summed E-state index contributed by atoms with van der Waals surface area (Å²) in [6.07, 6.45) is 5.07. The summed E-state index contributed by atoms with van der Waals surface area (Å²) in [5.41, 5.74) is 0.765. The first-order chi connectivity index (χ1) is 9.56. The summed E-state index contributed by atoms with van der Waals surface area (Å²) in [7, 11) is 0. The van der Waals surface area contributed by atoms with E-state index in [1.165, 1.54) is 25.7 Å². The molecule has 0 N–H and O–H groups in total. The predicted octanol–water partition coefficient (Wildman–Crippen LogP) is 4.42. The minimum atomic E-state index is 0.203. The van der Waals surface area contributed by atoms with Crippen molar-refractivity contribution in [3.8, 4) is 0 Å². The Morgan fingerprint density at radius 1 is 1.25 bits per heavy atom. The highest BCUT2D eigenvalue weighted by molar-refractivity contribution is 6.30. The first kappa shape index (κ1) is 15.5. The zero-order valence-corrected chi connectivity index (χ0v) is 13.2. The van der Waals surface area contributed by atoms with Crippen LogP contribution in [-0.2, 0) is 0 Å². The Hall–Kier alpha value is -0.860. The maximum absolute atomic E-state index is 12.4. The first-order valence-electron chi connectivity index (χ1n) is 7.59. The molecule has 0 amide bonds. The van der Waals surface area contributed by atoms with Crippen molar-refractivity contribution in [1.29, 1.82) is 0 Å². The third-order valence-corrected chi connectivity index (χ3v) is 4.21. The summed E-state index contributed by atoms with van der Waals surface area (Å²) in [5, 5.41) is 0.677. The lowest BCUT2D eigenvalue weighted by Crippen LogP contribution is -2.40. The first-order valence-corrected chi connectivity index (χ1v) is 7.97. The molecule has 1 saturated carbocycles. The van der Waals surface area contributed by atoms with Gasteiger partial charge in [-0.25, -0.2) is 0 Å². The number of halogens is 1. The molecule has 20 heavy (non-hydrogen) atoms. The lowest BCUT2D eigenvalue weighted by molar-refractivity contribution is 0.0876. The van der Waals surface area contributed by atoms with Gasteiger partial charge in [-0.3, -0.25) is 9.69 Å². The fourth-order valence-electron chi connectivity index (χ4n) is 2.99. The van der Waals surface area contributed by atoms with Gasteiger partial charge in [0, 0.05) is 23.2 Å². The minimum absolute atomic E-state index is 0.203. The number of Topliss-reactive ketones (excluding diaryl/α,β-unsaturated/α-hetero) is 1. The van der Waals surface area contributed by atoms with E-state index in [4.69, 9.17) is 11.6 Å². The van der Waals surface area contributed by atoms with Gasteiger partial charge in [0.2, 0.25) is 0 Å². The van der Waals surface area contributed by atoms with Crippen LogP contribution in [0.1, 0.15) is 49.9 Å². The van der Waals surface area contributed by atoms with Crippen LogP contribution in [0.15, 0.2) is 24.3 Å². The summed E-state index contributed by atoms with van der Waals surface area (Å²) in [5.74, 6) is 0.794. The van der Waals surface area contributed by atoms with E-state index >= 15 is 0 Å². The highest BCUT2D eigenvalue weighted by atomic mass is 35.5. The summed E-state index contributed by atoms with van der Waals surface area (Å²) in [6.45, 7) is 5.97. The van der Waals surface area contributed by atoms with Crippen molar-refractivity contribution < 1.29 is 4.79 Å². The molecular formula is C17H24ClNO. The molecule has 3 heteroatoms. The molecule has 0 heterocycles. The predicted molar refractivity (Wildman–Crippen MR) is 84.4 cm³/mol. The topological polar surface area (TPSA) is 20.3 Å². The second-order valence-electron chi connectivity index (χ2n) is 6.19. The molecule has 1 aromatic rings. The average Bonchev–Trinajstić information content (AvgIpc) is 2.92. The molecule has 110 valence electrons. The molecule has 0 saturated heterocycles. The van der Waals surface area contributed by atoms with E-state index in [2.05, 4.69) is 18.7 Å². The van der Waals surface area contributed by atoms with E-state index in [1.807, 2.05) is 12.1 Å². The van der Waals surface area contributed by atoms with Crippen molar-refractivity contribution in [3.05, 3.63) is 34.9 Å². The van der Waals surface area contributed by atoms with Crippen molar-refractivity contribution in [2.45, 2.75) is 45.6 Å². The van der Waals surface area contributed by atoms with E-state index in [1.54, 1.807) is 12.1 Å². The number of ketones is 1. The van der Waals surface area contributed by atoms with E-state index in [0.29, 0.717) is 23.5 Å². The number of benzene rings is 1. The third kappa shape index (κ3) is 4.32. The van der Waals surface area contributed by atoms with Crippen LogP contribution in [0.4, 0.5) is 0 Å². The second-order valence-corrected chi connectivity index (χ2v) is 6.63. The van der Waals surface area contributed by atoms with Gasteiger partial charge < -0.3 is 0 Å². The molecule has 1 aliphatic carbocycles. The van der Waals surface area contributed by atoms with Crippen LogP contribution in [-0.4, -0.2) is 29.8 Å². The van der Waals surface area contributed by atoms with Gasteiger partial charge in [-0.15, -0.1) is 0 Å². The molecule has 0 radical (unpaired) electrons. The number of hydrogen-bond donors (Lipinski definition) is 0. The van der Waals surface area contributed by atoms with Gasteiger partial charge in [0.15, 0.2) is 5.78 Å². The van der Waals surface area contributed by atoms with Crippen LogP contribution < -0.4 is 0 Å². The van der Waals surface area contributed by atoms with E-state index in [9.17, 15) is 4.79 Å². The molecule has 2 nitrogen and oxygen atoms in total. The highest BCUT2D eigenvalue weighted by Crippen LogP contribution is 2.24. The second kappa shape index (κ2) is 7.24. The Labute approximate surface area is 127 Å². The number of hydrogen-bond acceptors (Lipinski definition) is 2. The number of carbonyl (C=O) groups is 1. The molecule has 0 aliphatic heterocycles. The van der Waals surface area contributed by atoms with Gasteiger partial charge in [-0.1, -0.05) is 38.3 Å². The molecule has 0 bridgehead atoms. The molecule has 0 atom stereocenters. The number of nitrogens with zero attached hydrogens (tertiary/aromatic N) is 1. The van der Waals surface area contributed by atoms with Crippen LogP contribution >= 0.6 is 11.6 Å². The summed E-state index contributed by atoms with van der Waals surface area (Å²) < 4.78 is 0. The van der Waals surface area contributed by atoms with Gasteiger partial charge in [-0.2, -0.15) is 0 Å². The van der Waals surface area contributed by atoms with Gasteiger partial charge in [-0.05, 0) is 43.0 Å². The van der Waals surface area contributed by atoms with Crippen LogP contribution in [0, 0.1) is 5.92 Å². The Kier molecular flexibility index (Phi) is 5.62. The number of rotatable bonds is 6. The van der Waals surface area contributed by atoms with Gasteiger partial charge in [0.1, 0.15) is 0 Å². The Balaban J connectivity index is 2.02. The largest absolute Gasteiger partial charge is 0.293 e. The molecule has 0 aromatic heterocycles. The van der Waals surface area contributed by atoms with Gasteiger partial charge in [0.05, 0.1) is 6.54 Å². The summed E-state index contributed by atoms with van der Waals surface area (Å²) >= 11 is 5.87. The van der Waals surface area contributed by atoms with E-state index < -0.39 is 0 Å². The molecule has 2 rings (SSSR count). The Morgan fingerprint density at radius 3 is 2.40 bits per heavy atom. The Morgan fingerprint density at radius 2 is 1.85 bits per heavy atom. The minimum Gasteiger partial charge on any atom is -0.293 e. The van der Waals surface area contributed by atoms with Crippen LogP contribution in [0.5, 0.6) is 0 Å². The summed E-state index contributed by atoms with van der Waals surface area (Å²) in [6, 6.07) is 7.82. The Bertz CT molecular complexity index is 435. The maximum atomic E-state index is 12.4. The lowest BCUT2D eigenvalue weighted by atomic mass is 10.1. The highest BCUT2D eigenvalue weighted by Gasteiger charge is 2.25. The fraction of sp³-hybridized carbons (Fsp3) is 0.588. The molecule has 0 spiro atoms. The molecular weight excluding hydrogens is 270 g/mol. The van der Waals surface area contributed by atoms with Crippen molar-refractivity contribution in [2.75, 3.05) is 13.1 Å². The normalized spacial score (nSPS) is 16.2. The third-order valence-electron chi connectivity index (χ3n) is 3.95. The van der Waals surface area contributed by atoms with Crippen LogP contribution in [0.3, 0.4) is 0 Å². The van der Waals surface area contributed by atoms with Crippen LogP contribution in [0.25, 0.3) is 0 Å². The lowest BCUT2D eigenvalue weighted by Gasteiger charge is -2.29. The van der Waals surface area contributed by atoms with Gasteiger partial charge >= 0.3 is 0 Å². The van der Waals surface area contributed by atoms with Crippen molar-refractivity contribution in [1.82, 2.24) is 4.90 Å². The zero-order chi connectivity index (χ0) is 14.5. The molecule has 1 aliphatic rings. The summed E-state index contributed by atoms with van der Waals surface area (Å²) in [4.78, 5) is 14.8. The monoisotopic (exact) mass is 293 g/mol. The van der Waals surface area contributed by atoms with Crippen molar-refractivity contribution >= 4 is 17.4 Å². The molecule has 1 fully saturated rings. The van der Waals surface area contributed by atoms with E-state index in [0.717, 1.165) is 12.1 Å². The fourth-order valence-corrected chi connectivity index (χ4v) is 3.12. The SMILES string of the molecule is CC(C)CN(CC(=O)c1ccc(Cl)cc1)C1CCCC1. The standard InChI is InChI=1S/C17H24ClNO/c1-13(2)11-19(16-5-3-4-6-16)12-17(20)14-7-9-15(18)10-8-14/h7-10,13,16H,3-6,11-12H2,1-2H3. The van der Waals surface area contributed by atoms with E-state index in [-0.39, 0.29) is 5.78 Å². The van der Waals surface area contributed by atoms with Crippen molar-refractivity contribution in [2.24, 2.45) is 5.92 Å². The van der Waals surface area contributed by atoms with Gasteiger partial charge in [0.25, 0.3) is 0 Å². The van der Waals surface area contributed by atoms with Crippen LogP contribution in [0.2, 0.25) is 5.02 Å². The molecule has 0 unspecified atom stereocenters. The smallest absolute Gasteiger partial charge is 0.176 e. The van der Waals surface area contributed by atoms with Crippen molar-refractivity contribution in [3.63, 3.8) is 0 Å². The molecule has 1 aromatic carbocycles. The quantitative estimate of drug-likeness (QED) is 0.724.